The summed E-state index contributed by atoms with van der Waals surface area (Å²) in [7, 11) is 0. The van der Waals surface area contributed by atoms with Gasteiger partial charge in [-0.05, 0) is 41.8 Å². The average Bonchev–Trinajstić information content (AvgIpc) is 2.47. The number of carbonyl (C=O) groups excluding carboxylic acids is 1. The zero-order valence-electron chi connectivity index (χ0n) is 12.7. The van der Waals surface area contributed by atoms with Crippen molar-refractivity contribution in [1.82, 2.24) is 0 Å². The lowest BCUT2D eigenvalue weighted by Crippen LogP contribution is -2.05. The lowest BCUT2D eigenvalue weighted by atomic mass is 10.1. The van der Waals surface area contributed by atoms with E-state index < -0.39 is 0 Å². The van der Waals surface area contributed by atoms with E-state index in [2.05, 4.69) is 0 Å². The summed E-state index contributed by atoms with van der Waals surface area (Å²) in [5, 5.41) is 0. The largest absolute Gasteiger partial charge is 0.489 e. The van der Waals surface area contributed by atoms with Crippen molar-refractivity contribution >= 4 is 5.97 Å². The molecular formula is C17H19NO4. The molecule has 0 saturated carbocycles. The van der Waals surface area contributed by atoms with E-state index in [9.17, 15) is 4.79 Å². The predicted molar refractivity (Wildman–Crippen MR) is 82.2 cm³/mol. The van der Waals surface area contributed by atoms with Crippen LogP contribution >= 0.6 is 0 Å². The van der Waals surface area contributed by atoms with Crippen LogP contribution in [0.4, 0.5) is 0 Å². The molecule has 0 saturated heterocycles. The highest BCUT2D eigenvalue weighted by molar-refractivity contribution is 5.69. The Balaban J connectivity index is 2.07. The minimum atomic E-state index is -0.344. The fourth-order valence-corrected chi connectivity index (χ4v) is 2.10. The molecular weight excluding hydrogens is 282 g/mol. The Hall–Kier alpha value is -2.37. The van der Waals surface area contributed by atoms with Gasteiger partial charge in [0.1, 0.15) is 18.1 Å². The standard InChI is InChI=1S/C17H19NO4/c1-12-9-16(22-13(2)19)7-8-17(12)20-10-14-5-3-4-6-15(14)11-21-18/h3-9H,10-11,18H2,1-2H3. The summed E-state index contributed by atoms with van der Waals surface area (Å²) in [6.45, 7) is 4.02. The Morgan fingerprint density at radius 2 is 1.77 bits per heavy atom. The molecule has 2 aromatic carbocycles. The number of hydrogen-bond acceptors (Lipinski definition) is 5. The van der Waals surface area contributed by atoms with E-state index in [0.29, 0.717) is 19.0 Å². The fourth-order valence-electron chi connectivity index (χ4n) is 2.10. The first-order chi connectivity index (χ1) is 10.6. The molecule has 0 aliphatic rings. The highest BCUT2D eigenvalue weighted by Gasteiger charge is 2.06. The number of carbonyl (C=O) groups is 1. The second-order valence-electron chi connectivity index (χ2n) is 4.89. The Bertz CT molecular complexity index is 655. The lowest BCUT2D eigenvalue weighted by molar-refractivity contribution is -0.131. The monoisotopic (exact) mass is 301 g/mol. The highest BCUT2D eigenvalue weighted by atomic mass is 16.6. The maximum atomic E-state index is 10.9. The van der Waals surface area contributed by atoms with E-state index >= 15 is 0 Å². The molecule has 0 aliphatic carbocycles. The molecule has 0 aromatic heterocycles. The van der Waals surface area contributed by atoms with Crippen LogP contribution in [0.2, 0.25) is 0 Å². The van der Waals surface area contributed by atoms with E-state index in [1.54, 1.807) is 18.2 Å². The van der Waals surface area contributed by atoms with E-state index in [4.69, 9.17) is 20.2 Å². The molecule has 116 valence electrons. The van der Waals surface area contributed by atoms with Gasteiger partial charge >= 0.3 is 5.97 Å². The van der Waals surface area contributed by atoms with Crippen molar-refractivity contribution in [2.75, 3.05) is 0 Å². The molecule has 0 amide bonds. The average molecular weight is 301 g/mol. The lowest BCUT2D eigenvalue weighted by Gasteiger charge is -2.13. The summed E-state index contributed by atoms with van der Waals surface area (Å²) in [4.78, 5) is 15.6. The van der Waals surface area contributed by atoms with Crippen molar-refractivity contribution < 1.29 is 19.1 Å². The van der Waals surface area contributed by atoms with Crippen LogP contribution in [0.25, 0.3) is 0 Å². The molecule has 2 aromatic rings. The zero-order valence-corrected chi connectivity index (χ0v) is 12.7. The summed E-state index contributed by atoms with van der Waals surface area (Å²) in [6, 6.07) is 13.0. The molecule has 5 nitrogen and oxygen atoms in total. The van der Waals surface area contributed by atoms with Crippen LogP contribution in [0.1, 0.15) is 23.6 Å². The molecule has 5 heteroatoms. The third-order valence-electron chi connectivity index (χ3n) is 3.15. The molecule has 0 bridgehead atoms. The summed E-state index contributed by atoms with van der Waals surface area (Å²) >= 11 is 0. The minimum Gasteiger partial charge on any atom is -0.489 e. The summed E-state index contributed by atoms with van der Waals surface area (Å²) in [5.41, 5.74) is 2.89. The van der Waals surface area contributed by atoms with Gasteiger partial charge < -0.3 is 9.47 Å². The highest BCUT2D eigenvalue weighted by Crippen LogP contribution is 2.25. The third kappa shape index (κ3) is 4.31. The van der Waals surface area contributed by atoms with Crippen molar-refractivity contribution in [1.29, 1.82) is 0 Å². The van der Waals surface area contributed by atoms with E-state index in [-0.39, 0.29) is 5.97 Å². The van der Waals surface area contributed by atoms with Gasteiger partial charge in [0, 0.05) is 6.92 Å². The molecule has 0 atom stereocenters. The topological polar surface area (TPSA) is 70.8 Å². The molecule has 22 heavy (non-hydrogen) atoms. The first kappa shape index (κ1) is 16.0. The van der Waals surface area contributed by atoms with Gasteiger partial charge in [-0.15, -0.1) is 0 Å². The second kappa shape index (κ2) is 7.59. The predicted octanol–water partition coefficient (Wildman–Crippen LogP) is 2.89. The molecule has 2 rings (SSSR count). The van der Waals surface area contributed by atoms with Gasteiger partial charge in [-0.3, -0.25) is 9.63 Å². The Morgan fingerprint density at radius 3 is 2.36 bits per heavy atom. The number of nitrogens with two attached hydrogens (primary N) is 1. The molecule has 0 fully saturated rings. The minimum absolute atomic E-state index is 0.337. The number of benzene rings is 2. The molecule has 2 N–H and O–H groups in total. The Kier molecular flexibility index (Phi) is 5.52. The number of ether oxygens (including phenoxy) is 2. The van der Waals surface area contributed by atoms with Crippen LogP contribution in [-0.2, 0) is 22.8 Å². The van der Waals surface area contributed by atoms with Gasteiger partial charge in [0.2, 0.25) is 0 Å². The van der Waals surface area contributed by atoms with Gasteiger partial charge in [-0.2, -0.15) is 0 Å². The molecule has 0 radical (unpaired) electrons. The molecule has 0 unspecified atom stereocenters. The van der Waals surface area contributed by atoms with Crippen LogP contribution in [0, 0.1) is 6.92 Å². The van der Waals surface area contributed by atoms with Crippen LogP contribution in [0.5, 0.6) is 11.5 Å². The van der Waals surface area contributed by atoms with Crippen molar-refractivity contribution in [2.45, 2.75) is 27.1 Å². The molecule has 0 spiro atoms. The van der Waals surface area contributed by atoms with Gasteiger partial charge in [-0.25, -0.2) is 5.90 Å². The smallest absolute Gasteiger partial charge is 0.308 e. The van der Waals surface area contributed by atoms with Crippen LogP contribution in [0.3, 0.4) is 0 Å². The maximum Gasteiger partial charge on any atom is 0.308 e. The van der Waals surface area contributed by atoms with E-state index in [1.165, 1.54) is 6.92 Å². The van der Waals surface area contributed by atoms with Crippen LogP contribution in [0.15, 0.2) is 42.5 Å². The van der Waals surface area contributed by atoms with E-state index in [1.807, 2.05) is 31.2 Å². The quantitative estimate of drug-likeness (QED) is 0.504. The third-order valence-corrected chi connectivity index (χ3v) is 3.15. The maximum absolute atomic E-state index is 10.9. The first-order valence-corrected chi connectivity index (χ1v) is 6.90. The second-order valence-corrected chi connectivity index (χ2v) is 4.89. The Labute approximate surface area is 129 Å². The van der Waals surface area contributed by atoms with Crippen molar-refractivity contribution in [2.24, 2.45) is 5.90 Å². The van der Waals surface area contributed by atoms with Gasteiger partial charge in [-0.1, -0.05) is 24.3 Å². The SMILES string of the molecule is CC(=O)Oc1ccc(OCc2ccccc2CON)c(C)c1. The van der Waals surface area contributed by atoms with Crippen molar-refractivity contribution in [3.8, 4) is 11.5 Å². The number of esters is 1. The molecule has 0 heterocycles. The van der Waals surface area contributed by atoms with Gasteiger partial charge in [0.05, 0.1) is 6.61 Å². The summed E-state index contributed by atoms with van der Waals surface area (Å²) in [5.74, 6) is 6.04. The number of hydrogen-bond donors (Lipinski definition) is 1. The van der Waals surface area contributed by atoms with Crippen LogP contribution < -0.4 is 15.4 Å². The van der Waals surface area contributed by atoms with Crippen LogP contribution in [-0.4, -0.2) is 5.97 Å². The van der Waals surface area contributed by atoms with Gasteiger partial charge in [0.25, 0.3) is 0 Å². The fraction of sp³-hybridized carbons (Fsp3) is 0.235. The van der Waals surface area contributed by atoms with E-state index in [0.717, 1.165) is 22.4 Å². The summed E-state index contributed by atoms with van der Waals surface area (Å²) in [6.07, 6.45) is 0. The first-order valence-electron chi connectivity index (χ1n) is 6.90. The number of rotatable bonds is 6. The summed E-state index contributed by atoms with van der Waals surface area (Å²) < 4.78 is 10.9. The van der Waals surface area contributed by atoms with Crippen molar-refractivity contribution in [3.63, 3.8) is 0 Å². The number of aryl methyl sites for hydroxylation is 1. The zero-order chi connectivity index (χ0) is 15.9. The normalized spacial score (nSPS) is 10.3. The van der Waals surface area contributed by atoms with Gasteiger partial charge in [0.15, 0.2) is 0 Å². The van der Waals surface area contributed by atoms with Crippen molar-refractivity contribution in [3.05, 3.63) is 59.2 Å². The Morgan fingerprint density at radius 1 is 1.09 bits per heavy atom. The molecule has 0 aliphatic heterocycles.